The average molecular weight is 278 g/mol. The second kappa shape index (κ2) is 6.79. The van der Waals surface area contributed by atoms with E-state index in [1.807, 2.05) is 0 Å². The van der Waals surface area contributed by atoms with Gasteiger partial charge in [0.15, 0.2) is 0 Å². The summed E-state index contributed by atoms with van der Waals surface area (Å²) in [7, 11) is 2.17. The van der Waals surface area contributed by atoms with Gasteiger partial charge < -0.3 is 10.2 Å². The Bertz CT molecular complexity index is 304. The van der Waals surface area contributed by atoms with Crippen molar-refractivity contribution in [2.75, 3.05) is 26.7 Å². The molecule has 2 heteroatoms. The van der Waals surface area contributed by atoms with Gasteiger partial charge in [-0.2, -0.15) is 0 Å². The Kier molecular flexibility index (Phi) is 5.04. The fourth-order valence-electron chi connectivity index (χ4n) is 5.25. The van der Waals surface area contributed by atoms with Crippen molar-refractivity contribution < 1.29 is 0 Å². The van der Waals surface area contributed by atoms with Gasteiger partial charge in [0.25, 0.3) is 0 Å². The number of piperidine rings is 1. The molecule has 2 nitrogen and oxygen atoms in total. The molecule has 5 atom stereocenters. The molecule has 1 heterocycles. The monoisotopic (exact) mass is 278 g/mol. The minimum absolute atomic E-state index is 0.773. The highest BCUT2D eigenvalue weighted by Gasteiger charge is 2.34. The molecule has 0 aromatic carbocycles. The molecule has 0 radical (unpaired) electrons. The summed E-state index contributed by atoms with van der Waals surface area (Å²) >= 11 is 0. The molecule has 3 fully saturated rings. The highest BCUT2D eigenvalue weighted by atomic mass is 15.1. The van der Waals surface area contributed by atoms with E-state index in [1.54, 1.807) is 0 Å². The third-order valence-corrected chi connectivity index (χ3v) is 6.48. The van der Waals surface area contributed by atoms with Gasteiger partial charge in [-0.3, -0.25) is 0 Å². The summed E-state index contributed by atoms with van der Waals surface area (Å²) in [6.07, 6.45) is 11.8. The molecule has 0 amide bonds. The van der Waals surface area contributed by atoms with E-state index in [4.69, 9.17) is 0 Å². The molecule has 1 saturated heterocycles. The van der Waals surface area contributed by atoms with Crippen LogP contribution < -0.4 is 5.32 Å². The summed E-state index contributed by atoms with van der Waals surface area (Å²) in [4.78, 5) is 2.82. The van der Waals surface area contributed by atoms with Crippen LogP contribution in [0.1, 0.15) is 58.3 Å². The largest absolute Gasteiger partial charge is 0.317 e. The topological polar surface area (TPSA) is 15.3 Å². The van der Waals surface area contributed by atoms with E-state index >= 15 is 0 Å². The second-order valence-corrected chi connectivity index (χ2v) is 7.93. The Labute approximate surface area is 125 Å². The Balaban J connectivity index is 1.54. The second-order valence-electron chi connectivity index (χ2n) is 7.93. The lowest BCUT2D eigenvalue weighted by Crippen LogP contribution is -2.48. The maximum atomic E-state index is 3.59. The summed E-state index contributed by atoms with van der Waals surface area (Å²) < 4.78 is 0. The highest BCUT2D eigenvalue weighted by Crippen LogP contribution is 2.37. The molecule has 0 aromatic heterocycles. The summed E-state index contributed by atoms with van der Waals surface area (Å²) in [6, 6.07) is 0.773. The van der Waals surface area contributed by atoms with Crippen molar-refractivity contribution in [3.05, 3.63) is 0 Å². The van der Waals surface area contributed by atoms with E-state index < -0.39 is 0 Å². The molecule has 2 aliphatic carbocycles. The molecule has 2 saturated carbocycles. The summed E-state index contributed by atoms with van der Waals surface area (Å²) in [5.74, 6) is 3.94. The van der Waals surface area contributed by atoms with Crippen LogP contribution >= 0.6 is 0 Å². The van der Waals surface area contributed by atoms with Gasteiger partial charge in [0, 0.05) is 19.1 Å². The normalized spacial score (nSPS) is 43.2. The van der Waals surface area contributed by atoms with Crippen LogP contribution in [0.3, 0.4) is 0 Å². The summed E-state index contributed by atoms with van der Waals surface area (Å²) in [5, 5.41) is 3.59. The third kappa shape index (κ3) is 3.39. The van der Waals surface area contributed by atoms with E-state index in [1.165, 1.54) is 71.0 Å². The van der Waals surface area contributed by atoms with Crippen LogP contribution in [-0.4, -0.2) is 37.6 Å². The molecule has 116 valence electrons. The molecule has 3 rings (SSSR count). The molecule has 0 aromatic rings. The van der Waals surface area contributed by atoms with Crippen LogP contribution in [0.4, 0.5) is 0 Å². The Morgan fingerprint density at radius 2 is 1.80 bits per heavy atom. The van der Waals surface area contributed by atoms with Gasteiger partial charge in [0.2, 0.25) is 0 Å². The quantitative estimate of drug-likeness (QED) is 0.849. The summed E-state index contributed by atoms with van der Waals surface area (Å²) in [6.45, 7) is 6.60. The number of likely N-dealkylation sites (tertiary alicyclic amines) is 1. The molecule has 1 N–H and O–H groups in total. The van der Waals surface area contributed by atoms with E-state index in [0.717, 1.165) is 29.7 Å². The van der Waals surface area contributed by atoms with Crippen LogP contribution in [0.2, 0.25) is 0 Å². The number of hydrogen-bond acceptors (Lipinski definition) is 2. The van der Waals surface area contributed by atoms with E-state index in [0.29, 0.717) is 0 Å². The predicted octanol–water partition coefficient (Wildman–Crippen LogP) is 3.52. The van der Waals surface area contributed by atoms with Crippen molar-refractivity contribution in [1.29, 1.82) is 0 Å². The summed E-state index contributed by atoms with van der Waals surface area (Å²) in [5.41, 5.74) is 0. The lowest BCUT2D eigenvalue weighted by molar-refractivity contribution is 0.0597. The van der Waals surface area contributed by atoms with Crippen molar-refractivity contribution in [2.24, 2.45) is 23.7 Å². The average Bonchev–Trinajstić information content (AvgIpc) is 2.47. The standard InChI is InChI=1S/C18H34N2/c1-14-7-8-18(19-2)17(11-14)13-20-10-9-15-5-3-4-6-16(15)12-20/h14-19H,3-13H2,1-2H3. The van der Waals surface area contributed by atoms with Crippen molar-refractivity contribution in [2.45, 2.75) is 64.3 Å². The van der Waals surface area contributed by atoms with Crippen LogP contribution in [0.5, 0.6) is 0 Å². The van der Waals surface area contributed by atoms with Gasteiger partial charge in [-0.1, -0.05) is 26.2 Å². The van der Waals surface area contributed by atoms with Crippen LogP contribution in [-0.2, 0) is 0 Å². The van der Waals surface area contributed by atoms with E-state index in [9.17, 15) is 0 Å². The van der Waals surface area contributed by atoms with Gasteiger partial charge in [-0.25, -0.2) is 0 Å². The highest BCUT2D eigenvalue weighted by molar-refractivity contribution is 4.88. The smallest absolute Gasteiger partial charge is 0.0105 e. The van der Waals surface area contributed by atoms with Gasteiger partial charge in [-0.05, 0) is 69.4 Å². The van der Waals surface area contributed by atoms with Crippen molar-refractivity contribution in [1.82, 2.24) is 10.2 Å². The number of hydrogen-bond donors (Lipinski definition) is 1. The molecule has 0 bridgehead atoms. The fourth-order valence-corrected chi connectivity index (χ4v) is 5.25. The maximum absolute atomic E-state index is 3.59. The lowest BCUT2D eigenvalue weighted by atomic mass is 9.74. The van der Waals surface area contributed by atoms with E-state index in [-0.39, 0.29) is 0 Å². The fraction of sp³-hybridized carbons (Fsp3) is 1.00. The first-order valence-corrected chi connectivity index (χ1v) is 9.16. The first kappa shape index (κ1) is 14.8. The number of fused-ring (bicyclic) bond motifs is 1. The molecule has 1 aliphatic heterocycles. The van der Waals surface area contributed by atoms with Crippen LogP contribution in [0.25, 0.3) is 0 Å². The third-order valence-electron chi connectivity index (χ3n) is 6.48. The van der Waals surface area contributed by atoms with Crippen LogP contribution in [0.15, 0.2) is 0 Å². The molecular formula is C18H34N2. The number of nitrogens with zero attached hydrogens (tertiary/aromatic N) is 1. The van der Waals surface area contributed by atoms with Gasteiger partial charge >= 0.3 is 0 Å². The lowest BCUT2D eigenvalue weighted by Gasteiger charge is -2.44. The zero-order valence-corrected chi connectivity index (χ0v) is 13.6. The molecule has 5 unspecified atom stereocenters. The van der Waals surface area contributed by atoms with Gasteiger partial charge in [0.05, 0.1) is 0 Å². The van der Waals surface area contributed by atoms with Gasteiger partial charge in [0.1, 0.15) is 0 Å². The minimum Gasteiger partial charge on any atom is -0.317 e. The number of rotatable bonds is 3. The molecule has 0 spiro atoms. The van der Waals surface area contributed by atoms with Crippen molar-refractivity contribution in [3.63, 3.8) is 0 Å². The Hall–Kier alpha value is -0.0800. The molecule has 3 aliphatic rings. The first-order valence-electron chi connectivity index (χ1n) is 9.16. The zero-order valence-electron chi connectivity index (χ0n) is 13.6. The number of nitrogens with one attached hydrogen (secondary N) is 1. The Morgan fingerprint density at radius 1 is 1.00 bits per heavy atom. The molecule has 20 heavy (non-hydrogen) atoms. The van der Waals surface area contributed by atoms with Crippen molar-refractivity contribution in [3.8, 4) is 0 Å². The van der Waals surface area contributed by atoms with E-state index in [2.05, 4.69) is 24.2 Å². The predicted molar refractivity (Wildman–Crippen MR) is 85.9 cm³/mol. The Morgan fingerprint density at radius 3 is 2.60 bits per heavy atom. The maximum Gasteiger partial charge on any atom is 0.0105 e. The van der Waals surface area contributed by atoms with Crippen LogP contribution in [0, 0.1) is 23.7 Å². The first-order chi connectivity index (χ1) is 9.76. The minimum atomic E-state index is 0.773. The van der Waals surface area contributed by atoms with Gasteiger partial charge in [-0.15, -0.1) is 0 Å². The van der Waals surface area contributed by atoms with Crippen molar-refractivity contribution >= 4 is 0 Å². The molecular weight excluding hydrogens is 244 g/mol. The zero-order chi connectivity index (χ0) is 13.9. The SMILES string of the molecule is CNC1CCC(C)CC1CN1CCC2CCCCC2C1.